The third-order valence-corrected chi connectivity index (χ3v) is 1.78. The van der Waals surface area contributed by atoms with Gasteiger partial charge in [0.05, 0.1) is 0 Å². The molecule has 0 radical (unpaired) electrons. The maximum absolute atomic E-state index is 9.05. The Balaban J connectivity index is 2.48. The Morgan fingerprint density at radius 2 is 2.44 bits per heavy atom. The first kappa shape index (κ1) is 6.59. The summed E-state index contributed by atoms with van der Waals surface area (Å²) in [5.74, 6) is 0.532. The zero-order valence-corrected chi connectivity index (χ0v) is 5.92. The highest BCUT2D eigenvalue weighted by molar-refractivity contribution is 5.75. The van der Waals surface area contributed by atoms with Gasteiger partial charge in [-0.3, -0.25) is 0 Å². The number of esters is 1. The zero-order valence-electron chi connectivity index (χ0n) is 5.92. The minimum Gasteiger partial charge on any atom is -0.339 e. The zero-order chi connectivity index (χ0) is 6.85. The highest BCUT2D eigenvalue weighted by Crippen LogP contribution is 2.22. The fourth-order valence-electron chi connectivity index (χ4n) is 1.19. The second-order valence-electron chi connectivity index (χ2n) is 2.61. The second kappa shape index (κ2) is 2.38. The van der Waals surface area contributed by atoms with Crippen molar-refractivity contribution in [1.29, 1.82) is 0 Å². The molecule has 2 heteroatoms. The van der Waals surface area contributed by atoms with Gasteiger partial charge in [0, 0.05) is 6.42 Å². The van der Waals surface area contributed by atoms with Gasteiger partial charge in [-0.25, -0.2) is 0 Å². The first-order valence-corrected chi connectivity index (χ1v) is 3.46. The van der Waals surface area contributed by atoms with Crippen LogP contribution in [0.3, 0.4) is 0 Å². The summed E-state index contributed by atoms with van der Waals surface area (Å²) in [6, 6.07) is 0. The van der Waals surface area contributed by atoms with Crippen molar-refractivity contribution in [1.82, 2.24) is 0 Å². The molecule has 1 aliphatic rings. The first-order chi connectivity index (χ1) is 4.24. The lowest BCUT2D eigenvalue weighted by Gasteiger charge is -1.90. The summed E-state index contributed by atoms with van der Waals surface area (Å²) in [5.41, 5.74) is 0. The van der Waals surface area contributed by atoms with E-state index in [1.807, 2.05) is 6.92 Å². The summed E-state index contributed by atoms with van der Waals surface area (Å²) < 4.78 is 5.04. The molecule has 1 unspecified atom stereocenters. The molecule has 0 bridgehead atoms. The molecule has 0 aromatic carbocycles. The molecular formula is C7H13O2+. The SMILES string of the molecule is CC[C@@H]1CC(C)OC1=[OH+]. The van der Waals surface area contributed by atoms with Crippen molar-refractivity contribution < 1.29 is 9.53 Å². The lowest BCUT2D eigenvalue weighted by Crippen LogP contribution is -2.05. The van der Waals surface area contributed by atoms with Crippen LogP contribution in [-0.4, -0.2) is 16.9 Å². The molecule has 9 heavy (non-hydrogen) atoms. The summed E-state index contributed by atoms with van der Waals surface area (Å²) in [5, 5.41) is 0. The average molecular weight is 129 g/mol. The predicted molar refractivity (Wildman–Crippen MR) is 35.9 cm³/mol. The molecule has 1 saturated heterocycles. The Morgan fingerprint density at radius 3 is 2.67 bits per heavy atom. The Morgan fingerprint density at radius 1 is 1.78 bits per heavy atom. The van der Waals surface area contributed by atoms with Gasteiger partial charge in [0.15, 0.2) is 6.10 Å². The fourth-order valence-corrected chi connectivity index (χ4v) is 1.19. The minimum atomic E-state index is 0.218. The molecule has 0 spiro atoms. The van der Waals surface area contributed by atoms with E-state index >= 15 is 0 Å². The summed E-state index contributed by atoms with van der Waals surface area (Å²) in [6.07, 6.45) is 2.17. The smallest absolute Gasteiger partial charge is 0.339 e. The van der Waals surface area contributed by atoms with Gasteiger partial charge in [-0.2, -0.15) is 0 Å². The van der Waals surface area contributed by atoms with Crippen molar-refractivity contribution in [3.05, 3.63) is 0 Å². The van der Waals surface area contributed by atoms with Crippen LogP contribution in [0, 0.1) is 5.92 Å². The second-order valence-corrected chi connectivity index (χ2v) is 2.61. The molecular weight excluding hydrogens is 116 g/mol. The highest BCUT2D eigenvalue weighted by atomic mass is 16.5. The Labute approximate surface area is 55.2 Å². The summed E-state index contributed by atoms with van der Waals surface area (Å²) in [4.78, 5) is 9.05. The van der Waals surface area contributed by atoms with E-state index in [0.29, 0.717) is 5.92 Å². The van der Waals surface area contributed by atoms with E-state index in [-0.39, 0.29) is 12.1 Å². The molecule has 52 valence electrons. The fraction of sp³-hybridized carbons (Fsp3) is 0.857. The summed E-state index contributed by atoms with van der Waals surface area (Å²) >= 11 is 0. The van der Waals surface area contributed by atoms with Gasteiger partial charge in [0.1, 0.15) is 5.92 Å². The first-order valence-electron chi connectivity index (χ1n) is 3.46. The van der Waals surface area contributed by atoms with Gasteiger partial charge in [-0.1, -0.05) is 6.92 Å². The highest BCUT2D eigenvalue weighted by Gasteiger charge is 2.38. The molecule has 1 rings (SSSR count). The third kappa shape index (κ3) is 1.23. The van der Waals surface area contributed by atoms with Crippen molar-refractivity contribution in [2.45, 2.75) is 32.8 Å². The molecule has 0 amide bonds. The van der Waals surface area contributed by atoms with Gasteiger partial charge in [0.2, 0.25) is 0 Å². The van der Waals surface area contributed by atoms with Crippen LogP contribution in [0.1, 0.15) is 26.7 Å². The van der Waals surface area contributed by atoms with E-state index in [1.54, 1.807) is 0 Å². The maximum Gasteiger partial charge on any atom is 0.486 e. The maximum atomic E-state index is 9.05. The van der Waals surface area contributed by atoms with Crippen molar-refractivity contribution in [3.8, 4) is 0 Å². The van der Waals surface area contributed by atoms with E-state index in [9.17, 15) is 0 Å². The van der Waals surface area contributed by atoms with Crippen molar-refractivity contribution in [2.24, 2.45) is 5.92 Å². The average Bonchev–Trinajstić information content (AvgIpc) is 2.10. The molecule has 1 heterocycles. The van der Waals surface area contributed by atoms with Crippen LogP contribution in [0.25, 0.3) is 0 Å². The molecule has 2 atom stereocenters. The molecule has 0 aromatic rings. The standard InChI is InChI=1S/C7H12O2/c1-3-6-4-5(2)9-7(6)8/h5-6H,3-4H2,1-2H3/p+1/t5?,6-/m1/s1. The van der Waals surface area contributed by atoms with Gasteiger partial charge in [0.25, 0.3) is 0 Å². The van der Waals surface area contributed by atoms with Crippen LogP contribution in [0.4, 0.5) is 0 Å². The van der Waals surface area contributed by atoms with E-state index in [1.165, 1.54) is 0 Å². The Hall–Kier alpha value is -0.530. The molecule has 0 saturated carbocycles. The number of cyclic esters (lactones) is 1. The minimum absolute atomic E-state index is 0.218. The van der Waals surface area contributed by atoms with E-state index in [4.69, 9.17) is 9.53 Å². The topological polar surface area (TPSA) is 30.6 Å². The number of hydrogen-bond acceptors (Lipinski definition) is 1. The normalized spacial score (nSPS) is 34.7. The molecule has 2 nitrogen and oxygen atoms in total. The van der Waals surface area contributed by atoms with Gasteiger partial charge in [-0.15, -0.1) is 0 Å². The number of carbonyl (C=O) groups excluding carboxylic acids is 1. The van der Waals surface area contributed by atoms with E-state index in [2.05, 4.69) is 6.92 Å². The van der Waals surface area contributed by atoms with Crippen molar-refractivity contribution in [3.63, 3.8) is 0 Å². The van der Waals surface area contributed by atoms with E-state index in [0.717, 1.165) is 12.8 Å². The quantitative estimate of drug-likeness (QED) is 0.388. The predicted octanol–water partition coefficient (Wildman–Crippen LogP) is 1.32. The van der Waals surface area contributed by atoms with Crippen molar-refractivity contribution >= 4 is 5.97 Å². The molecule has 0 aromatic heterocycles. The molecule has 1 fully saturated rings. The van der Waals surface area contributed by atoms with Crippen LogP contribution in [0.2, 0.25) is 0 Å². The van der Waals surface area contributed by atoms with Crippen LogP contribution in [0.15, 0.2) is 0 Å². The molecule has 1 aliphatic heterocycles. The third-order valence-electron chi connectivity index (χ3n) is 1.78. The van der Waals surface area contributed by atoms with Crippen LogP contribution in [0.5, 0.6) is 0 Å². The number of ether oxygens (including phenoxy) is 1. The van der Waals surface area contributed by atoms with Gasteiger partial charge in [-0.05, 0) is 13.3 Å². The number of hydrogen-bond donors (Lipinski definition) is 0. The molecule has 1 N–H and O–H groups in total. The van der Waals surface area contributed by atoms with Crippen LogP contribution < -0.4 is 0 Å². The lowest BCUT2D eigenvalue weighted by molar-refractivity contribution is 0.221. The lowest BCUT2D eigenvalue weighted by atomic mass is 10.0. The molecule has 0 aliphatic carbocycles. The Kier molecular flexibility index (Phi) is 1.74. The Bertz CT molecular complexity index is 120. The summed E-state index contributed by atoms with van der Waals surface area (Å²) in [7, 11) is 0. The van der Waals surface area contributed by atoms with Gasteiger partial charge < -0.3 is 9.53 Å². The monoisotopic (exact) mass is 129 g/mol. The summed E-state index contributed by atoms with van der Waals surface area (Å²) in [6.45, 7) is 4.04. The number of rotatable bonds is 1. The van der Waals surface area contributed by atoms with Crippen molar-refractivity contribution in [2.75, 3.05) is 0 Å². The van der Waals surface area contributed by atoms with Crippen LogP contribution >= 0.6 is 0 Å². The van der Waals surface area contributed by atoms with Gasteiger partial charge >= 0.3 is 5.97 Å². The van der Waals surface area contributed by atoms with Crippen LogP contribution in [-0.2, 0) is 4.74 Å². The largest absolute Gasteiger partial charge is 0.486 e. The van der Waals surface area contributed by atoms with E-state index < -0.39 is 0 Å².